The average molecular weight is 325 g/mol. The topological polar surface area (TPSA) is 35.4 Å². The number of hydrogen-bond acceptors (Lipinski definition) is 3. The van der Waals surface area contributed by atoms with E-state index in [4.69, 9.17) is 0 Å². The Balaban J connectivity index is 1.73. The van der Waals surface area contributed by atoms with Gasteiger partial charge in [0.1, 0.15) is 11.4 Å². The molecule has 0 bridgehead atoms. The van der Waals surface area contributed by atoms with Gasteiger partial charge in [-0.1, -0.05) is 52.4 Å². The molecule has 0 aliphatic rings. The van der Waals surface area contributed by atoms with Crippen LogP contribution in [0.4, 0.5) is 0 Å². The maximum atomic E-state index is 12.1. The molecular weight excluding hydrogens is 310 g/mol. The van der Waals surface area contributed by atoms with Crippen LogP contribution in [0.5, 0.6) is 0 Å². The van der Waals surface area contributed by atoms with Crippen LogP contribution in [0.1, 0.15) is 10.4 Å². The van der Waals surface area contributed by atoms with E-state index in [0.717, 1.165) is 15.3 Å². The molecule has 22 heavy (non-hydrogen) atoms. The second-order valence-electron chi connectivity index (χ2n) is 4.86. The molecule has 0 aliphatic heterocycles. The molecule has 2 aromatic carbocycles. The largest absolute Gasteiger partial charge is 0.586 e. The minimum atomic E-state index is -1.35. The summed E-state index contributed by atoms with van der Waals surface area (Å²) in [7, 11) is 0. The van der Waals surface area contributed by atoms with Crippen LogP contribution < -0.4 is 0 Å². The van der Waals surface area contributed by atoms with Crippen LogP contribution in [-0.2, 0) is 11.4 Å². The van der Waals surface area contributed by atoms with E-state index in [0.29, 0.717) is 0 Å². The molecule has 110 valence electrons. The molecule has 0 radical (unpaired) electrons. The second kappa shape index (κ2) is 6.92. The molecule has 4 heteroatoms. The Labute approximate surface area is 137 Å². The number of nitrogens with zero attached hydrogens (tertiary/aromatic N) is 1. The normalized spacial score (nSPS) is 12.6. The highest BCUT2D eigenvalue weighted by molar-refractivity contribution is 7.90. The third-order valence-electron chi connectivity index (χ3n) is 3.18. The van der Waals surface area contributed by atoms with Crippen LogP contribution in [0.25, 0.3) is 10.4 Å². The number of aryl methyl sites for hydroxylation is 1. The zero-order chi connectivity index (χ0) is 15.4. The van der Waals surface area contributed by atoms with Crippen molar-refractivity contribution in [3.8, 4) is 10.4 Å². The van der Waals surface area contributed by atoms with Crippen LogP contribution in [0.2, 0.25) is 0 Å². The number of benzene rings is 2. The Hall–Kier alpha value is -1.88. The maximum Gasteiger partial charge on any atom is 0.182 e. The van der Waals surface area contributed by atoms with Gasteiger partial charge in [-0.15, -0.1) is 11.3 Å². The van der Waals surface area contributed by atoms with E-state index in [1.54, 1.807) is 17.6 Å². The first-order valence-corrected chi connectivity index (χ1v) is 8.82. The smallest absolute Gasteiger partial charge is 0.182 e. The molecule has 1 aromatic heterocycles. The molecule has 0 saturated heterocycles. The van der Waals surface area contributed by atoms with Crippen molar-refractivity contribution < 1.29 is 4.55 Å². The summed E-state index contributed by atoms with van der Waals surface area (Å²) in [6, 6.07) is 21.9. The van der Waals surface area contributed by atoms with E-state index in [-0.39, 0.29) is 0 Å². The highest BCUT2D eigenvalue weighted by Gasteiger charge is 2.09. The van der Waals surface area contributed by atoms with Gasteiger partial charge in [-0.3, -0.25) is 0 Å². The Kier molecular flexibility index (Phi) is 4.73. The van der Waals surface area contributed by atoms with E-state index in [9.17, 15) is 4.55 Å². The summed E-state index contributed by atoms with van der Waals surface area (Å²) in [4.78, 5) is 2.91. The molecule has 1 heterocycles. The lowest BCUT2D eigenvalue weighted by Crippen LogP contribution is -1.97. The molecule has 3 rings (SSSR count). The lowest BCUT2D eigenvalue weighted by Gasteiger charge is -2.02. The standard InChI is InChI=1S/C18H15NOS2/c1-14-7-10-17(11-8-14)22(20)19-13-16-9-12-18(21-16)15-5-3-2-4-6-15/h2-13H,1H3/b19-13+/t22-/m1/s1. The molecule has 0 fully saturated rings. The van der Waals surface area contributed by atoms with Crippen molar-refractivity contribution in [2.24, 2.45) is 4.40 Å². The Bertz CT molecular complexity index is 763. The highest BCUT2D eigenvalue weighted by Crippen LogP contribution is 2.27. The van der Waals surface area contributed by atoms with Gasteiger partial charge in [-0.2, -0.15) is 0 Å². The van der Waals surface area contributed by atoms with Crippen LogP contribution >= 0.6 is 11.3 Å². The highest BCUT2D eigenvalue weighted by atomic mass is 32.2. The van der Waals surface area contributed by atoms with Gasteiger partial charge < -0.3 is 4.55 Å². The Morgan fingerprint density at radius 3 is 2.41 bits per heavy atom. The lowest BCUT2D eigenvalue weighted by atomic mass is 10.2. The van der Waals surface area contributed by atoms with Crippen molar-refractivity contribution in [3.63, 3.8) is 0 Å². The fraction of sp³-hybridized carbons (Fsp3) is 0.0556. The van der Waals surface area contributed by atoms with Gasteiger partial charge in [0.2, 0.25) is 0 Å². The van der Waals surface area contributed by atoms with Crippen LogP contribution in [0.3, 0.4) is 0 Å². The summed E-state index contributed by atoms with van der Waals surface area (Å²) in [6.07, 6.45) is 1.69. The van der Waals surface area contributed by atoms with Gasteiger partial charge in [0, 0.05) is 4.88 Å². The summed E-state index contributed by atoms with van der Waals surface area (Å²) in [5.74, 6) is 0. The Morgan fingerprint density at radius 2 is 1.68 bits per heavy atom. The quantitative estimate of drug-likeness (QED) is 0.498. The van der Waals surface area contributed by atoms with E-state index in [2.05, 4.69) is 22.6 Å². The van der Waals surface area contributed by atoms with Gasteiger partial charge >= 0.3 is 0 Å². The fourth-order valence-corrected chi connectivity index (χ4v) is 3.65. The second-order valence-corrected chi connectivity index (χ2v) is 7.16. The van der Waals surface area contributed by atoms with Crippen molar-refractivity contribution in [3.05, 3.63) is 77.2 Å². The zero-order valence-electron chi connectivity index (χ0n) is 12.1. The molecule has 3 aromatic rings. The van der Waals surface area contributed by atoms with Crippen LogP contribution in [0, 0.1) is 6.92 Å². The average Bonchev–Trinajstić information content (AvgIpc) is 3.03. The van der Waals surface area contributed by atoms with Gasteiger partial charge in [0.05, 0.1) is 11.1 Å². The number of hydrogen-bond donors (Lipinski definition) is 0. The summed E-state index contributed by atoms with van der Waals surface area (Å²) in [5.41, 5.74) is 2.34. The minimum Gasteiger partial charge on any atom is -0.586 e. The lowest BCUT2D eigenvalue weighted by molar-refractivity contribution is 0.597. The third kappa shape index (κ3) is 3.65. The van der Waals surface area contributed by atoms with E-state index >= 15 is 0 Å². The van der Waals surface area contributed by atoms with Crippen LogP contribution in [-0.4, -0.2) is 10.8 Å². The number of rotatable bonds is 4. The van der Waals surface area contributed by atoms with Crippen molar-refractivity contribution in [2.75, 3.05) is 0 Å². The fourth-order valence-electron chi connectivity index (χ4n) is 2.00. The maximum absolute atomic E-state index is 12.1. The molecule has 0 N–H and O–H groups in total. The van der Waals surface area contributed by atoms with Gasteiger partial charge in [-0.25, -0.2) is 0 Å². The Morgan fingerprint density at radius 1 is 0.955 bits per heavy atom. The van der Waals surface area contributed by atoms with Crippen molar-refractivity contribution in [1.29, 1.82) is 0 Å². The predicted octanol–water partition coefficient (Wildman–Crippen LogP) is 4.87. The summed E-state index contributed by atoms with van der Waals surface area (Å²) >= 11 is 0.291. The van der Waals surface area contributed by atoms with Gasteiger partial charge in [-0.05, 0) is 36.8 Å². The first-order valence-electron chi connectivity index (χ1n) is 6.90. The zero-order valence-corrected chi connectivity index (χ0v) is 13.7. The molecule has 0 amide bonds. The molecule has 1 atom stereocenters. The first kappa shape index (κ1) is 15.0. The third-order valence-corrected chi connectivity index (χ3v) is 5.22. The molecule has 0 unspecified atom stereocenters. The van der Waals surface area contributed by atoms with E-state index in [1.807, 2.05) is 55.5 Å². The van der Waals surface area contributed by atoms with Crippen molar-refractivity contribution in [2.45, 2.75) is 11.8 Å². The van der Waals surface area contributed by atoms with Crippen molar-refractivity contribution in [1.82, 2.24) is 0 Å². The first-order chi connectivity index (χ1) is 10.7. The predicted molar refractivity (Wildman–Crippen MR) is 94.9 cm³/mol. The van der Waals surface area contributed by atoms with Crippen molar-refractivity contribution >= 4 is 28.9 Å². The van der Waals surface area contributed by atoms with Crippen LogP contribution in [0.15, 0.2) is 76.0 Å². The van der Waals surface area contributed by atoms with E-state index < -0.39 is 11.4 Å². The summed E-state index contributed by atoms with van der Waals surface area (Å²) < 4.78 is 16.3. The molecule has 0 aliphatic carbocycles. The van der Waals surface area contributed by atoms with Gasteiger partial charge in [0.25, 0.3) is 0 Å². The summed E-state index contributed by atoms with van der Waals surface area (Å²) in [6.45, 7) is 2.01. The monoisotopic (exact) mass is 325 g/mol. The van der Waals surface area contributed by atoms with E-state index in [1.165, 1.54) is 10.4 Å². The summed E-state index contributed by atoms with van der Waals surface area (Å²) in [5, 5.41) is 0. The number of thiophene rings is 1. The molecule has 0 saturated carbocycles. The molecular formula is C18H15NOS2. The molecule has 2 nitrogen and oxygen atoms in total. The molecule has 0 spiro atoms. The SMILES string of the molecule is Cc1ccc([S@@+]([O-])/N=C/c2ccc(-c3ccccc3)s2)cc1. The minimum absolute atomic E-state index is 0.724. The van der Waals surface area contributed by atoms with Gasteiger partial charge in [0.15, 0.2) is 4.90 Å².